The third-order valence-corrected chi connectivity index (χ3v) is 5.30. The van der Waals surface area contributed by atoms with Crippen LogP contribution in [0.3, 0.4) is 0 Å². The topological polar surface area (TPSA) is 61.4 Å². The average molecular weight is 336 g/mol. The van der Waals surface area contributed by atoms with Crippen LogP contribution in [0.2, 0.25) is 5.02 Å². The van der Waals surface area contributed by atoms with Crippen molar-refractivity contribution < 1.29 is 12.8 Å². The van der Waals surface area contributed by atoms with Crippen LogP contribution in [0.25, 0.3) is 0 Å². The lowest BCUT2D eigenvalue weighted by Gasteiger charge is -2.27. The summed E-state index contributed by atoms with van der Waals surface area (Å²) >= 11 is 5.77. The summed E-state index contributed by atoms with van der Waals surface area (Å²) in [7, 11) is -3.91. The average Bonchev–Trinajstić information content (AvgIpc) is 2.44. The van der Waals surface area contributed by atoms with E-state index in [1.54, 1.807) is 0 Å². The molecule has 21 heavy (non-hydrogen) atoms. The first kappa shape index (κ1) is 16.6. The van der Waals surface area contributed by atoms with E-state index in [0.29, 0.717) is 6.42 Å². The number of sulfonamides is 1. The van der Waals surface area contributed by atoms with Crippen molar-refractivity contribution in [2.45, 2.75) is 11.3 Å². The maximum absolute atomic E-state index is 13.6. The van der Waals surface area contributed by atoms with Crippen LogP contribution in [0.15, 0.2) is 23.1 Å². The van der Waals surface area contributed by atoms with E-state index < -0.39 is 20.7 Å². The van der Waals surface area contributed by atoms with Crippen LogP contribution in [-0.4, -0.2) is 52.6 Å². The fourth-order valence-corrected chi connectivity index (χ4v) is 3.93. The second kappa shape index (κ2) is 7.51. The molecule has 0 bridgehead atoms. The lowest BCUT2D eigenvalue weighted by atomic mass is 10.3. The molecule has 0 unspecified atom stereocenters. The van der Waals surface area contributed by atoms with Gasteiger partial charge in [0.15, 0.2) is 0 Å². The highest BCUT2D eigenvalue weighted by Crippen LogP contribution is 2.23. The molecule has 1 aliphatic heterocycles. The van der Waals surface area contributed by atoms with Crippen LogP contribution in [0.1, 0.15) is 6.42 Å². The van der Waals surface area contributed by atoms with Crippen molar-refractivity contribution in [3.63, 3.8) is 0 Å². The molecule has 0 aliphatic carbocycles. The Labute approximate surface area is 129 Å². The van der Waals surface area contributed by atoms with Crippen LogP contribution in [0, 0.1) is 5.82 Å². The molecule has 1 aromatic rings. The molecule has 1 aromatic carbocycles. The fraction of sp³-hybridized carbons (Fsp3) is 0.538. The van der Waals surface area contributed by atoms with Crippen LogP contribution < -0.4 is 10.0 Å². The van der Waals surface area contributed by atoms with E-state index in [1.807, 2.05) is 0 Å². The predicted octanol–water partition coefficient (Wildman–Crippen LogP) is 1.05. The number of halogens is 2. The monoisotopic (exact) mass is 335 g/mol. The van der Waals surface area contributed by atoms with Crippen LogP contribution in [0.5, 0.6) is 0 Å². The summed E-state index contributed by atoms with van der Waals surface area (Å²) < 4.78 is 40.2. The molecule has 1 fully saturated rings. The number of benzene rings is 1. The van der Waals surface area contributed by atoms with Crippen LogP contribution in [-0.2, 0) is 10.0 Å². The Morgan fingerprint density at radius 3 is 2.71 bits per heavy atom. The largest absolute Gasteiger partial charge is 0.314 e. The molecule has 0 radical (unpaired) electrons. The van der Waals surface area contributed by atoms with Gasteiger partial charge in [-0.2, -0.15) is 0 Å². The van der Waals surface area contributed by atoms with Gasteiger partial charge in [0.2, 0.25) is 10.0 Å². The number of nitrogens with zero attached hydrogens (tertiary/aromatic N) is 1. The van der Waals surface area contributed by atoms with E-state index in [1.165, 1.54) is 12.1 Å². The summed E-state index contributed by atoms with van der Waals surface area (Å²) in [4.78, 5) is 1.79. The standard InChI is InChI=1S/C13H19ClFN3O2S/c14-11-3-1-4-12(15)13(11)21(19,20)17-5-2-8-18-9-6-16-7-10-18/h1,3-4,16-17H,2,5-10H2. The minimum Gasteiger partial charge on any atom is -0.314 e. The molecular formula is C13H19ClFN3O2S. The highest BCUT2D eigenvalue weighted by Gasteiger charge is 2.22. The van der Waals surface area contributed by atoms with E-state index in [4.69, 9.17) is 11.6 Å². The second-order valence-corrected chi connectivity index (χ2v) is 7.00. The number of hydrogen-bond donors (Lipinski definition) is 2. The van der Waals surface area contributed by atoms with Gasteiger partial charge in [0.05, 0.1) is 5.02 Å². The molecule has 0 atom stereocenters. The van der Waals surface area contributed by atoms with Crippen molar-refractivity contribution in [2.75, 3.05) is 39.3 Å². The summed E-state index contributed by atoms with van der Waals surface area (Å²) in [5.41, 5.74) is 0. The fourth-order valence-electron chi connectivity index (χ4n) is 2.26. The first-order valence-electron chi connectivity index (χ1n) is 6.87. The van der Waals surface area contributed by atoms with Gasteiger partial charge in [-0.1, -0.05) is 17.7 Å². The normalized spacial score (nSPS) is 17.0. The lowest BCUT2D eigenvalue weighted by Crippen LogP contribution is -2.44. The van der Waals surface area contributed by atoms with Crippen molar-refractivity contribution >= 4 is 21.6 Å². The van der Waals surface area contributed by atoms with E-state index in [-0.39, 0.29) is 11.6 Å². The van der Waals surface area contributed by atoms with Gasteiger partial charge >= 0.3 is 0 Å². The van der Waals surface area contributed by atoms with Crippen LogP contribution >= 0.6 is 11.6 Å². The van der Waals surface area contributed by atoms with Crippen molar-refractivity contribution in [1.29, 1.82) is 0 Å². The molecule has 8 heteroatoms. The minimum absolute atomic E-state index is 0.107. The molecule has 2 rings (SSSR count). The predicted molar refractivity (Wildman–Crippen MR) is 80.5 cm³/mol. The molecule has 0 saturated carbocycles. The summed E-state index contributed by atoms with van der Waals surface area (Å²) in [6, 6.07) is 3.82. The van der Waals surface area contributed by atoms with Gasteiger partial charge in [-0.25, -0.2) is 17.5 Å². The Morgan fingerprint density at radius 2 is 2.05 bits per heavy atom. The van der Waals surface area contributed by atoms with Gasteiger partial charge in [-0.3, -0.25) is 0 Å². The van der Waals surface area contributed by atoms with E-state index >= 15 is 0 Å². The third kappa shape index (κ3) is 4.62. The molecule has 118 valence electrons. The first-order valence-corrected chi connectivity index (χ1v) is 8.73. The molecule has 2 N–H and O–H groups in total. The Morgan fingerprint density at radius 1 is 1.33 bits per heavy atom. The third-order valence-electron chi connectivity index (χ3n) is 3.34. The van der Waals surface area contributed by atoms with Gasteiger partial charge in [0, 0.05) is 32.7 Å². The van der Waals surface area contributed by atoms with Gasteiger partial charge in [-0.15, -0.1) is 0 Å². The van der Waals surface area contributed by atoms with E-state index in [0.717, 1.165) is 38.8 Å². The molecule has 0 aromatic heterocycles. The zero-order valence-corrected chi connectivity index (χ0v) is 13.2. The minimum atomic E-state index is -3.91. The van der Waals surface area contributed by atoms with E-state index in [2.05, 4.69) is 14.9 Å². The summed E-state index contributed by atoms with van der Waals surface area (Å²) in [6.07, 6.45) is 0.672. The Hall–Kier alpha value is -0.730. The van der Waals surface area contributed by atoms with Crippen molar-refractivity contribution in [2.24, 2.45) is 0 Å². The first-order chi connectivity index (χ1) is 10.0. The van der Waals surface area contributed by atoms with Crippen LogP contribution in [0.4, 0.5) is 4.39 Å². The second-order valence-electron chi connectivity index (χ2n) is 4.89. The maximum atomic E-state index is 13.6. The zero-order valence-electron chi connectivity index (χ0n) is 11.6. The number of rotatable bonds is 6. The lowest BCUT2D eigenvalue weighted by molar-refractivity contribution is 0.239. The molecule has 0 amide bonds. The molecule has 1 heterocycles. The van der Waals surface area contributed by atoms with Gasteiger partial charge in [-0.05, 0) is 25.1 Å². The molecule has 1 saturated heterocycles. The Balaban J connectivity index is 1.86. The number of hydrogen-bond acceptors (Lipinski definition) is 4. The van der Waals surface area contributed by atoms with Crippen molar-refractivity contribution in [1.82, 2.24) is 14.9 Å². The number of piperazine rings is 1. The Bertz CT molecular complexity index is 557. The van der Waals surface area contributed by atoms with Crippen molar-refractivity contribution in [3.05, 3.63) is 29.0 Å². The smallest absolute Gasteiger partial charge is 0.244 e. The maximum Gasteiger partial charge on any atom is 0.244 e. The quantitative estimate of drug-likeness (QED) is 0.763. The number of nitrogens with one attached hydrogen (secondary N) is 2. The highest BCUT2D eigenvalue weighted by atomic mass is 35.5. The molecular weight excluding hydrogens is 317 g/mol. The summed E-state index contributed by atoms with van der Waals surface area (Å²) in [6.45, 7) is 4.91. The summed E-state index contributed by atoms with van der Waals surface area (Å²) in [5, 5.41) is 3.15. The zero-order chi connectivity index (χ0) is 15.3. The van der Waals surface area contributed by atoms with Gasteiger partial charge in [0.25, 0.3) is 0 Å². The Kier molecular flexibility index (Phi) is 5.95. The van der Waals surface area contributed by atoms with E-state index in [9.17, 15) is 12.8 Å². The SMILES string of the molecule is O=S(=O)(NCCCN1CCNCC1)c1c(F)cccc1Cl. The van der Waals surface area contributed by atoms with Gasteiger partial charge in [0.1, 0.15) is 10.7 Å². The summed E-state index contributed by atoms with van der Waals surface area (Å²) in [5.74, 6) is -0.836. The molecule has 5 nitrogen and oxygen atoms in total. The van der Waals surface area contributed by atoms with Gasteiger partial charge < -0.3 is 10.2 Å². The molecule has 0 spiro atoms. The van der Waals surface area contributed by atoms with Crippen molar-refractivity contribution in [3.8, 4) is 0 Å². The molecule has 1 aliphatic rings. The highest BCUT2D eigenvalue weighted by molar-refractivity contribution is 7.89.